The number of carbonyl (C=O) groups excluding carboxylic acids is 1. The number of hydrogen-bond acceptors (Lipinski definition) is 4. The highest BCUT2D eigenvalue weighted by molar-refractivity contribution is 5.94. The number of nitrogens with one attached hydrogen (secondary N) is 2. The molecule has 122 valence electrons. The maximum Gasteiger partial charge on any atom is 0.347 e. The van der Waals surface area contributed by atoms with Gasteiger partial charge in [0.25, 0.3) is 0 Å². The Balaban J connectivity index is 1.92. The number of carbonyl (C=O) groups is 1. The van der Waals surface area contributed by atoms with Crippen LogP contribution in [-0.4, -0.2) is 22.5 Å². The quantitative estimate of drug-likeness (QED) is 0.856. The number of rotatable bonds is 6. The number of anilines is 1. The second-order valence-electron chi connectivity index (χ2n) is 6.07. The fourth-order valence-corrected chi connectivity index (χ4v) is 1.99. The van der Waals surface area contributed by atoms with Crippen LogP contribution in [0.5, 0.6) is 0 Å². The molecule has 1 amide bonds. The summed E-state index contributed by atoms with van der Waals surface area (Å²) in [6, 6.07) is 11.4. The van der Waals surface area contributed by atoms with Gasteiger partial charge in [-0.15, -0.1) is 0 Å². The third-order valence-electron chi connectivity index (χ3n) is 3.31. The molecule has 1 aromatic heterocycles. The van der Waals surface area contributed by atoms with Crippen molar-refractivity contribution in [2.24, 2.45) is 5.41 Å². The number of benzene rings is 1. The molecule has 0 radical (unpaired) electrons. The maximum atomic E-state index is 12.4. The van der Waals surface area contributed by atoms with Gasteiger partial charge in [-0.1, -0.05) is 30.3 Å². The van der Waals surface area contributed by atoms with Crippen LogP contribution in [0.25, 0.3) is 0 Å². The largest absolute Gasteiger partial charge is 0.376 e. The van der Waals surface area contributed by atoms with E-state index in [2.05, 4.69) is 15.3 Å². The molecule has 0 fully saturated rings. The van der Waals surface area contributed by atoms with E-state index >= 15 is 0 Å². The molecule has 23 heavy (non-hydrogen) atoms. The van der Waals surface area contributed by atoms with E-state index in [1.165, 1.54) is 0 Å². The van der Waals surface area contributed by atoms with E-state index in [-0.39, 0.29) is 18.3 Å². The molecule has 2 N–H and O–H groups in total. The second kappa shape index (κ2) is 7.19. The van der Waals surface area contributed by atoms with Gasteiger partial charge < -0.3 is 15.0 Å². The third kappa shape index (κ3) is 5.03. The van der Waals surface area contributed by atoms with Crippen molar-refractivity contribution in [1.29, 1.82) is 0 Å². The topological polar surface area (TPSA) is 84.1 Å². The first-order valence-electron chi connectivity index (χ1n) is 7.38. The fourth-order valence-electron chi connectivity index (χ4n) is 1.99. The van der Waals surface area contributed by atoms with Crippen molar-refractivity contribution >= 4 is 11.7 Å². The van der Waals surface area contributed by atoms with Crippen molar-refractivity contribution < 1.29 is 9.53 Å². The lowest BCUT2D eigenvalue weighted by molar-refractivity contribution is -0.127. The van der Waals surface area contributed by atoms with Gasteiger partial charge in [0.2, 0.25) is 5.91 Å². The molecule has 0 atom stereocenters. The lowest BCUT2D eigenvalue weighted by Crippen LogP contribution is -2.35. The second-order valence-corrected chi connectivity index (χ2v) is 6.07. The number of hydrogen-bond donors (Lipinski definition) is 2. The van der Waals surface area contributed by atoms with Gasteiger partial charge in [0.15, 0.2) is 0 Å². The summed E-state index contributed by atoms with van der Waals surface area (Å²) in [7, 11) is 0. The van der Waals surface area contributed by atoms with Gasteiger partial charge in [-0.3, -0.25) is 4.79 Å². The Bertz CT molecular complexity index is 723. The Morgan fingerprint density at radius 1 is 1.30 bits per heavy atom. The van der Waals surface area contributed by atoms with Crippen molar-refractivity contribution in [2.75, 3.05) is 11.9 Å². The normalized spacial score (nSPS) is 11.3. The minimum absolute atomic E-state index is 0.243. The van der Waals surface area contributed by atoms with E-state index in [4.69, 9.17) is 4.74 Å². The Kier molecular flexibility index (Phi) is 5.28. The predicted molar refractivity (Wildman–Crippen MR) is 88.1 cm³/mol. The molecule has 6 heteroatoms. The molecule has 0 aliphatic carbocycles. The number of nitrogens with zero attached hydrogens (tertiary/aromatic N) is 1. The molecule has 0 unspecified atom stereocenters. The summed E-state index contributed by atoms with van der Waals surface area (Å²) in [5.41, 5.74) is 0.458. The van der Waals surface area contributed by atoms with Gasteiger partial charge in [-0.2, -0.15) is 4.98 Å². The highest BCUT2D eigenvalue weighted by atomic mass is 16.5. The van der Waals surface area contributed by atoms with Crippen molar-refractivity contribution in [2.45, 2.75) is 27.4 Å². The van der Waals surface area contributed by atoms with Gasteiger partial charge in [0.1, 0.15) is 5.82 Å². The van der Waals surface area contributed by atoms with Crippen LogP contribution in [0.1, 0.15) is 25.1 Å². The Hall–Kier alpha value is -2.47. The van der Waals surface area contributed by atoms with E-state index < -0.39 is 11.1 Å². The lowest BCUT2D eigenvalue weighted by atomic mass is 9.93. The van der Waals surface area contributed by atoms with Crippen LogP contribution >= 0.6 is 0 Å². The molecule has 1 heterocycles. The Morgan fingerprint density at radius 2 is 2.00 bits per heavy atom. The van der Waals surface area contributed by atoms with Gasteiger partial charge >= 0.3 is 5.69 Å². The molecule has 0 spiro atoms. The van der Waals surface area contributed by atoms with Crippen LogP contribution in [-0.2, 0) is 16.1 Å². The minimum Gasteiger partial charge on any atom is -0.376 e. The zero-order chi connectivity index (χ0) is 16.9. The minimum atomic E-state index is -0.743. The van der Waals surface area contributed by atoms with Crippen LogP contribution in [0.2, 0.25) is 0 Å². The summed E-state index contributed by atoms with van der Waals surface area (Å²) in [5, 5.41) is 2.66. The zero-order valence-electron chi connectivity index (χ0n) is 13.6. The van der Waals surface area contributed by atoms with E-state index in [0.717, 1.165) is 5.56 Å². The van der Waals surface area contributed by atoms with E-state index in [0.29, 0.717) is 12.3 Å². The number of amides is 1. The van der Waals surface area contributed by atoms with E-state index in [1.807, 2.05) is 30.3 Å². The van der Waals surface area contributed by atoms with Crippen LogP contribution in [0, 0.1) is 12.3 Å². The van der Waals surface area contributed by atoms with E-state index in [1.54, 1.807) is 26.8 Å². The molecule has 0 saturated heterocycles. The summed E-state index contributed by atoms with van der Waals surface area (Å²) in [6.45, 7) is 6.00. The fraction of sp³-hybridized carbons (Fsp3) is 0.353. The zero-order valence-corrected chi connectivity index (χ0v) is 13.6. The molecule has 0 aliphatic heterocycles. The highest BCUT2D eigenvalue weighted by Gasteiger charge is 2.28. The van der Waals surface area contributed by atoms with Crippen molar-refractivity contribution in [3.8, 4) is 0 Å². The standard InChI is InChI=1S/C17H21N3O3/c1-12-9-14(20-16(22)18-12)19-15(21)17(2,3)11-23-10-13-7-5-4-6-8-13/h4-9H,10-11H2,1-3H3,(H2,18,19,20,21,22). The SMILES string of the molecule is Cc1cc(NC(=O)C(C)(C)COCc2ccccc2)nc(=O)[nH]1. The summed E-state index contributed by atoms with van der Waals surface area (Å²) in [4.78, 5) is 29.9. The molecular weight excluding hydrogens is 294 g/mol. The number of aromatic amines is 1. The molecule has 0 saturated carbocycles. The van der Waals surface area contributed by atoms with Crippen molar-refractivity contribution in [3.63, 3.8) is 0 Å². The summed E-state index contributed by atoms with van der Waals surface area (Å²) in [6.07, 6.45) is 0. The smallest absolute Gasteiger partial charge is 0.347 e. The number of aryl methyl sites for hydroxylation is 1. The van der Waals surface area contributed by atoms with Crippen molar-refractivity contribution in [1.82, 2.24) is 9.97 Å². The van der Waals surface area contributed by atoms with Crippen LogP contribution in [0.3, 0.4) is 0 Å². The van der Waals surface area contributed by atoms with Crippen LogP contribution in [0.4, 0.5) is 5.82 Å². The first kappa shape index (κ1) is 16.9. The molecule has 2 aromatic rings. The lowest BCUT2D eigenvalue weighted by Gasteiger charge is -2.23. The molecule has 2 rings (SSSR count). The van der Waals surface area contributed by atoms with Gasteiger partial charge in [-0.05, 0) is 26.3 Å². The molecule has 0 aliphatic rings. The van der Waals surface area contributed by atoms with E-state index in [9.17, 15) is 9.59 Å². The summed E-state index contributed by atoms with van der Waals surface area (Å²) in [5.74, 6) is -0.00422. The molecule has 1 aromatic carbocycles. The third-order valence-corrected chi connectivity index (χ3v) is 3.31. The predicted octanol–water partition coefficient (Wildman–Crippen LogP) is 2.26. The van der Waals surface area contributed by atoms with Crippen molar-refractivity contribution in [3.05, 3.63) is 58.1 Å². The summed E-state index contributed by atoms with van der Waals surface area (Å²) < 4.78 is 5.64. The number of aromatic nitrogens is 2. The number of H-pyrrole nitrogens is 1. The average Bonchev–Trinajstić information content (AvgIpc) is 2.47. The average molecular weight is 315 g/mol. The van der Waals surface area contributed by atoms with Crippen LogP contribution in [0.15, 0.2) is 41.2 Å². The van der Waals surface area contributed by atoms with Crippen LogP contribution < -0.4 is 11.0 Å². The van der Waals surface area contributed by atoms with Gasteiger partial charge in [0, 0.05) is 11.8 Å². The first-order valence-corrected chi connectivity index (χ1v) is 7.38. The molecule has 0 bridgehead atoms. The summed E-state index contributed by atoms with van der Waals surface area (Å²) >= 11 is 0. The maximum absolute atomic E-state index is 12.4. The Morgan fingerprint density at radius 3 is 2.65 bits per heavy atom. The first-order chi connectivity index (χ1) is 10.9. The van der Waals surface area contributed by atoms with Gasteiger partial charge in [0.05, 0.1) is 18.6 Å². The monoisotopic (exact) mass is 315 g/mol. The molecule has 6 nitrogen and oxygen atoms in total. The Labute approximate surface area is 134 Å². The molecular formula is C17H21N3O3. The van der Waals surface area contributed by atoms with Gasteiger partial charge in [-0.25, -0.2) is 4.79 Å². The highest BCUT2D eigenvalue weighted by Crippen LogP contribution is 2.19. The number of ether oxygens (including phenoxy) is 1.